The SMILES string of the molecule is CCNCC(C)c1ccc(CN2CCCC2C(C)C)cc1. The third kappa shape index (κ3) is 4.55. The molecule has 118 valence electrons. The summed E-state index contributed by atoms with van der Waals surface area (Å²) in [5.74, 6) is 1.36. The minimum absolute atomic E-state index is 0.592. The largest absolute Gasteiger partial charge is 0.316 e. The van der Waals surface area contributed by atoms with E-state index < -0.39 is 0 Å². The molecule has 2 heteroatoms. The Balaban J connectivity index is 1.93. The first kappa shape index (κ1) is 16.5. The fraction of sp³-hybridized carbons (Fsp3) is 0.684. The standard InChI is InChI=1S/C19H32N2/c1-5-20-13-16(4)18-10-8-17(9-11-18)14-21-12-6-7-19(21)15(2)3/h8-11,15-16,19-20H,5-7,12-14H2,1-4H3. The average Bonchev–Trinajstić information content (AvgIpc) is 2.94. The van der Waals surface area contributed by atoms with E-state index in [1.807, 2.05) is 0 Å². The Hall–Kier alpha value is -0.860. The second-order valence-corrected chi connectivity index (χ2v) is 6.87. The van der Waals surface area contributed by atoms with Crippen LogP contribution in [0.2, 0.25) is 0 Å². The summed E-state index contributed by atoms with van der Waals surface area (Å²) in [6.07, 6.45) is 2.73. The lowest BCUT2D eigenvalue weighted by Crippen LogP contribution is -2.32. The molecule has 0 amide bonds. The molecule has 2 nitrogen and oxygen atoms in total. The predicted molar refractivity (Wildman–Crippen MR) is 91.7 cm³/mol. The van der Waals surface area contributed by atoms with Crippen molar-refractivity contribution in [2.75, 3.05) is 19.6 Å². The first-order valence-corrected chi connectivity index (χ1v) is 8.65. The molecule has 2 rings (SSSR count). The predicted octanol–water partition coefficient (Wildman–Crippen LogP) is 4.02. The van der Waals surface area contributed by atoms with Gasteiger partial charge in [0.25, 0.3) is 0 Å². The van der Waals surface area contributed by atoms with E-state index >= 15 is 0 Å². The van der Waals surface area contributed by atoms with Crippen molar-refractivity contribution in [3.8, 4) is 0 Å². The van der Waals surface area contributed by atoms with Crippen molar-refractivity contribution in [1.82, 2.24) is 10.2 Å². The van der Waals surface area contributed by atoms with E-state index in [1.54, 1.807) is 0 Å². The number of likely N-dealkylation sites (tertiary alicyclic amines) is 1. The number of likely N-dealkylation sites (N-methyl/N-ethyl adjacent to an activating group) is 1. The number of benzene rings is 1. The molecule has 1 aromatic rings. The van der Waals surface area contributed by atoms with Crippen molar-refractivity contribution in [3.63, 3.8) is 0 Å². The highest BCUT2D eigenvalue weighted by Crippen LogP contribution is 2.26. The number of hydrogen-bond donors (Lipinski definition) is 1. The first-order chi connectivity index (χ1) is 10.1. The van der Waals surface area contributed by atoms with Crippen molar-refractivity contribution < 1.29 is 0 Å². The summed E-state index contributed by atoms with van der Waals surface area (Å²) in [5, 5.41) is 3.43. The maximum absolute atomic E-state index is 3.43. The topological polar surface area (TPSA) is 15.3 Å². The van der Waals surface area contributed by atoms with Gasteiger partial charge in [0, 0.05) is 19.1 Å². The summed E-state index contributed by atoms with van der Waals surface area (Å²) in [7, 11) is 0. The molecule has 1 heterocycles. The Morgan fingerprint density at radius 2 is 1.90 bits per heavy atom. The minimum atomic E-state index is 0.592. The molecule has 21 heavy (non-hydrogen) atoms. The quantitative estimate of drug-likeness (QED) is 0.815. The van der Waals surface area contributed by atoms with Crippen LogP contribution in [-0.2, 0) is 6.54 Å². The van der Waals surface area contributed by atoms with Gasteiger partial charge in [-0.1, -0.05) is 52.0 Å². The Bertz CT molecular complexity index is 410. The molecule has 1 N–H and O–H groups in total. The van der Waals surface area contributed by atoms with Crippen molar-refractivity contribution in [2.45, 2.75) is 59.0 Å². The second kappa shape index (κ2) is 7.95. The van der Waals surface area contributed by atoms with Crippen LogP contribution >= 0.6 is 0 Å². The number of nitrogens with one attached hydrogen (secondary N) is 1. The maximum Gasteiger partial charge on any atom is 0.0236 e. The lowest BCUT2D eigenvalue weighted by atomic mass is 9.99. The zero-order chi connectivity index (χ0) is 15.2. The Morgan fingerprint density at radius 1 is 1.19 bits per heavy atom. The molecule has 1 saturated heterocycles. The van der Waals surface area contributed by atoms with Crippen LogP contribution in [0, 0.1) is 5.92 Å². The van der Waals surface area contributed by atoms with Crippen LogP contribution in [0.25, 0.3) is 0 Å². The monoisotopic (exact) mass is 288 g/mol. The fourth-order valence-corrected chi connectivity index (χ4v) is 3.47. The van der Waals surface area contributed by atoms with Crippen molar-refractivity contribution in [3.05, 3.63) is 35.4 Å². The van der Waals surface area contributed by atoms with E-state index in [2.05, 4.69) is 62.2 Å². The molecular formula is C19H32N2. The number of nitrogens with zero attached hydrogens (tertiary/aromatic N) is 1. The number of rotatable bonds is 7. The molecule has 0 saturated carbocycles. The summed E-state index contributed by atoms with van der Waals surface area (Å²) in [6, 6.07) is 10.1. The summed E-state index contributed by atoms with van der Waals surface area (Å²) < 4.78 is 0. The molecule has 2 unspecified atom stereocenters. The van der Waals surface area contributed by atoms with Gasteiger partial charge in [-0.3, -0.25) is 4.90 Å². The highest BCUT2D eigenvalue weighted by atomic mass is 15.2. The molecular weight excluding hydrogens is 256 g/mol. The van der Waals surface area contributed by atoms with E-state index in [-0.39, 0.29) is 0 Å². The zero-order valence-electron chi connectivity index (χ0n) is 14.2. The highest BCUT2D eigenvalue weighted by Gasteiger charge is 2.26. The van der Waals surface area contributed by atoms with E-state index in [4.69, 9.17) is 0 Å². The van der Waals surface area contributed by atoms with E-state index in [0.717, 1.165) is 31.6 Å². The van der Waals surface area contributed by atoms with Gasteiger partial charge >= 0.3 is 0 Å². The Kier molecular flexibility index (Phi) is 6.25. The van der Waals surface area contributed by atoms with Crippen LogP contribution < -0.4 is 5.32 Å². The van der Waals surface area contributed by atoms with Crippen LogP contribution in [-0.4, -0.2) is 30.6 Å². The maximum atomic E-state index is 3.43. The highest BCUT2D eigenvalue weighted by molar-refractivity contribution is 5.25. The molecule has 1 fully saturated rings. The van der Waals surface area contributed by atoms with Crippen molar-refractivity contribution in [1.29, 1.82) is 0 Å². The third-order valence-electron chi connectivity index (χ3n) is 4.82. The molecule has 2 atom stereocenters. The van der Waals surface area contributed by atoms with Gasteiger partial charge < -0.3 is 5.32 Å². The minimum Gasteiger partial charge on any atom is -0.316 e. The zero-order valence-corrected chi connectivity index (χ0v) is 14.2. The lowest BCUT2D eigenvalue weighted by molar-refractivity contribution is 0.199. The van der Waals surface area contributed by atoms with Gasteiger partial charge in [-0.05, 0) is 48.9 Å². The number of hydrogen-bond acceptors (Lipinski definition) is 2. The van der Waals surface area contributed by atoms with Gasteiger partial charge in [0.1, 0.15) is 0 Å². The van der Waals surface area contributed by atoms with Crippen molar-refractivity contribution >= 4 is 0 Å². The second-order valence-electron chi connectivity index (χ2n) is 6.87. The summed E-state index contributed by atoms with van der Waals surface area (Å²) >= 11 is 0. The normalized spacial score (nSPS) is 21.1. The van der Waals surface area contributed by atoms with Gasteiger partial charge in [-0.2, -0.15) is 0 Å². The summed E-state index contributed by atoms with van der Waals surface area (Å²) in [5.41, 5.74) is 2.91. The fourth-order valence-electron chi connectivity index (χ4n) is 3.47. The van der Waals surface area contributed by atoms with Crippen molar-refractivity contribution in [2.24, 2.45) is 5.92 Å². The molecule has 0 aromatic heterocycles. The molecule has 1 aliphatic rings. The van der Waals surface area contributed by atoms with Gasteiger partial charge in [-0.25, -0.2) is 0 Å². The van der Waals surface area contributed by atoms with Crippen LogP contribution in [0.4, 0.5) is 0 Å². The van der Waals surface area contributed by atoms with E-state index in [0.29, 0.717) is 5.92 Å². The smallest absolute Gasteiger partial charge is 0.0236 e. The Labute approximate surface area is 130 Å². The Morgan fingerprint density at radius 3 is 2.52 bits per heavy atom. The van der Waals surface area contributed by atoms with Gasteiger partial charge in [0.15, 0.2) is 0 Å². The lowest BCUT2D eigenvalue weighted by Gasteiger charge is -2.27. The van der Waals surface area contributed by atoms with Crippen LogP contribution in [0.3, 0.4) is 0 Å². The van der Waals surface area contributed by atoms with Crippen LogP contribution in [0.15, 0.2) is 24.3 Å². The van der Waals surface area contributed by atoms with Gasteiger partial charge in [-0.15, -0.1) is 0 Å². The molecule has 0 radical (unpaired) electrons. The van der Waals surface area contributed by atoms with Gasteiger partial charge in [0.2, 0.25) is 0 Å². The molecule has 0 aliphatic carbocycles. The van der Waals surface area contributed by atoms with Crippen LogP contribution in [0.5, 0.6) is 0 Å². The summed E-state index contributed by atoms with van der Waals surface area (Å²) in [4.78, 5) is 2.67. The van der Waals surface area contributed by atoms with Gasteiger partial charge in [0.05, 0.1) is 0 Å². The third-order valence-corrected chi connectivity index (χ3v) is 4.82. The first-order valence-electron chi connectivity index (χ1n) is 8.65. The summed E-state index contributed by atoms with van der Waals surface area (Å²) in [6.45, 7) is 13.7. The molecule has 1 aromatic carbocycles. The average molecular weight is 288 g/mol. The van der Waals surface area contributed by atoms with Crippen LogP contribution in [0.1, 0.15) is 57.6 Å². The molecule has 0 bridgehead atoms. The van der Waals surface area contributed by atoms with E-state index in [1.165, 1.54) is 30.5 Å². The molecule has 0 spiro atoms. The van der Waals surface area contributed by atoms with E-state index in [9.17, 15) is 0 Å². The molecule has 1 aliphatic heterocycles.